The van der Waals surface area contributed by atoms with Gasteiger partial charge in [-0.15, -0.1) is 0 Å². The first kappa shape index (κ1) is 10.5. The standard InChI is InChI=1S/C12H18N2O/c1-15-9-10-3-2-4-12(7-10)14-6-5-11(13)8-14/h2-4,7,11H,5-6,8-9,13H2,1H3. The summed E-state index contributed by atoms with van der Waals surface area (Å²) in [6, 6.07) is 8.81. The fourth-order valence-electron chi connectivity index (χ4n) is 2.03. The monoisotopic (exact) mass is 206 g/mol. The molecule has 1 unspecified atom stereocenters. The third kappa shape index (κ3) is 2.49. The maximum Gasteiger partial charge on any atom is 0.0713 e. The fraction of sp³-hybridized carbons (Fsp3) is 0.500. The molecule has 0 radical (unpaired) electrons. The Morgan fingerprint density at radius 1 is 1.53 bits per heavy atom. The van der Waals surface area contributed by atoms with Crippen LogP contribution in [0.2, 0.25) is 0 Å². The van der Waals surface area contributed by atoms with Crippen molar-refractivity contribution in [2.45, 2.75) is 19.1 Å². The lowest BCUT2D eigenvalue weighted by Gasteiger charge is -2.18. The number of rotatable bonds is 3. The van der Waals surface area contributed by atoms with E-state index in [0.717, 1.165) is 19.5 Å². The second-order valence-corrected chi connectivity index (χ2v) is 4.10. The van der Waals surface area contributed by atoms with Gasteiger partial charge in [0.1, 0.15) is 0 Å². The Labute approximate surface area is 90.8 Å². The lowest BCUT2D eigenvalue weighted by Crippen LogP contribution is -2.26. The highest BCUT2D eigenvalue weighted by Crippen LogP contribution is 2.20. The molecule has 2 N–H and O–H groups in total. The highest BCUT2D eigenvalue weighted by molar-refractivity contribution is 5.49. The molecular weight excluding hydrogens is 188 g/mol. The lowest BCUT2D eigenvalue weighted by molar-refractivity contribution is 0.185. The zero-order valence-corrected chi connectivity index (χ0v) is 9.15. The largest absolute Gasteiger partial charge is 0.380 e. The summed E-state index contributed by atoms with van der Waals surface area (Å²) in [5, 5.41) is 0. The Morgan fingerprint density at radius 2 is 2.40 bits per heavy atom. The van der Waals surface area contributed by atoms with E-state index in [9.17, 15) is 0 Å². The molecule has 3 nitrogen and oxygen atoms in total. The Kier molecular flexibility index (Phi) is 3.23. The average molecular weight is 206 g/mol. The van der Waals surface area contributed by atoms with Gasteiger partial charge in [-0.1, -0.05) is 12.1 Å². The lowest BCUT2D eigenvalue weighted by atomic mass is 10.2. The number of nitrogens with two attached hydrogens (primary N) is 1. The van der Waals surface area contributed by atoms with Crippen LogP contribution in [0.1, 0.15) is 12.0 Å². The number of benzene rings is 1. The van der Waals surface area contributed by atoms with Gasteiger partial charge in [0.2, 0.25) is 0 Å². The van der Waals surface area contributed by atoms with E-state index in [-0.39, 0.29) is 0 Å². The van der Waals surface area contributed by atoms with Gasteiger partial charge in [0.05, 0.1) is 6.61 Å². The van der Waals surface area contributed by atoms with Crippen LogP contribution in [0.25, 0.3) is 0 Å². The van der Waals surface area contributed by atoms with Gasteiger partial charge in [-0.05, 0) is 24.1 Å². The molecule has 0 bridgehead atoms. The van der Waals surface area contributed by atoms with Crippen LogP contribution in [0.15, 0.2) is 24.3 Å². The van der Waals surface area contributed by atoms with Crippen molar-refractivity contribution in [2.75, 3.05) is 25.1 Å². The molecule has 1 fully saturated rings. The quantitative estimate of drug-likeness (QED) is 0.811. The molecule has 0 aliphatic carbocycles. The van der Waals surface area contributed by atoms with Gasteiger partial charge in [-0.3, -0.25) is 0 Å². The summed E-state index contributed by atoms with van der Waals surface area (Å²) < 4.78 is 5.12. The van der Waals surface area contributed by atoms with E-state index in [1.165, 1.54) is 11.3 Å². The van der Waals surface area contributed by atoms with Gasteiger partial charge in [0, 0.05) is 31.9 Å². The van der Waals surface area contributed by atoms with E-state index < -0.39 is 0 Å². The molecule has 0 aromatic heterocycles. The zero-order valence-electron chi connectivity index (χ0n) is 9.15. The SMILES string of the molecule is COCc1cccc(N2CCC(N)C2)c1. The van der Waals surface area contributed by atoms with Gasteiger partial charge in [-0.25, -0.2) is 0 Å². The number of hydrogen-bond acceptors (Lipinski definition) is 3. The van der Waals surface area contributed by atoms with E-state index in [0.29, 0.717) is 12.6 Å². The first-order valence-corrected chi connectivity index (χ1v) is 5.38. The van der Waals surface area contributed by atoms with Crippen molar-refractivity contribution in [3.63, 3.8) is 0 Å². The smallest absolute Gasteiger partial charge is 0.0713 e. The summed E-state index contributed by atoms with van der Waals surface area (Å²) in [6.07, 6.45) is 1.09. The van der Waals surface area contributed by atoms with Gasteiger partial charge < -0.3 is 15.4 Å². The Bertz CT molecular complexity index is 327. The second kappa shape index (κ2) is 4.64. The molecule has 82 valence electrons. The van der Waals surface area contributed by atoms with E-state index in [1.807, 2.05) is 0 Å². The van der Waals surface area contributed by atoms with Crippen molar-refractivity contribution in [3.05, 3.63) is 29.8 Å². The summed E-state index contributed by atoms with van der Waals surface area (Å²) >= 11 is 0. The Morgan fingerprint density at radius 3 is 3.07 bits per heavy atom. The van der Waals surface area contributed by atoms with Crippen LogP contribution in [-0.4, -0.2) is 26.2 Å². The van der Waals surface area contributed by atoms with Crippen molar-refractivity contribution >= 4 is 5.69 Å². The molecule has 0 spiro atoms. The summed E-state index contributed by atoms with van der Waals surface area (Å²) in [5.41, 5.74) is 8.37. The van der Waals surface area contributed by atoms with Crippen molar-refractivity contribution in [2.24, 2.45) is 5.73 Å². The van der Waals surface area contributed by atoms with Gasteiger partial charge in [-0.2, -0.15) is 0 Å². The predicted octanol–water partition coefficient (Wildman–Crippen LogP) is 1.37. The molecule has 1 aliphatic heterocycles. The van der Waals surface area contributed by atoms with Crippen LogP contribution in [-0.2, 0) is 11.3 Å². The third-order valence-corrected chi connectivity index (χ3v) is 2.81. The molecule has 3 heteroatoms. The normalized spacial score (nSPS) is 20.9. The molecule has 1 heterocycles. The molecule has 1 atom stereocenters. The number of hydrogen-bond donors (Lipinski definition) is 1. The Balaban J connectivity index is 2.10. The summed E-state index contributed by atoms with van der Waals surface area (Å²) in [6.45, 7) is 2.71. The zero-order chi connectivity index (χ0) is 10.7. The topological polar surface area (TPSA) is 38.5 Å². The van der Waals surface area contributed by atoms with E-state index >= 15 is 0 Å². The summed E-state index contributed by atoms with van der Waals surface area (Å²) in [7, 11) is 1.72. The fourth-order valence-corrected chi connectivity index (χ4v) is 2.03. The number of anilines is 1. The van der Waals surface area contributed by atoms with E-state index in [2.05, 4.69) is 29.2 Å². The summed E-state index contributed by atoms with van der Waals surface area (Å²) in [5.74, 6) is 0. The highest BCUT2D eigenvalue weighted by atomic mass is 16.5. The molecule has 1 aromatic rings. The molecule has 0 saturated carbocycles. The first-order chi connectivity index (χ1) is 7.29. The van der Waals surface area contributed by atoms with Crippen LogP contribution in [0, 0.1) is 0 Å². The molecule has 2 rings (SSSR count). The maximum absolute atomic E-state index is 5.89. The van der Waals surface area contributed by atoms with Crippen molar-refractivity contribution < 1.29 is 4.74 Å². The van der Waals surface area contributed by atoms with E-state index in [1.54, 1.807) is 7.11 Å². The number of ether oxygens (including phenoxy) is 1. The molecular formula is C12H18N2O. The van der Waals surface area contributed by atoms with Crippen LogP contribution in [0.4, 0.5) is 5.69 Å². The third-order valence-electron chi connectivity index (χ3n) is 2.81. The molecule has 1 aromatic carbocycles. The molecule has 0 amide bonds. The maximum atomic E-state index is 5.89. The highest BCUT2D eigenvalue weighted by Gasteiger charge is 2.19. The van der Waals surface area contributed by atoms with Crippen LogP contribution >= 0.6 is 0 Å². The van der Waals surface area contributed by atoms with Gasteiger partial charge in [0.15, 0.2) is 0 Å². The molecule has 1 aliphatic rings. The van der Waals surface area contributed by atoms with Gasteiger partial charge in [0.25, 0.3) is 0 Å². The van der Waals surface area contributed by atoms with Crippen LogP contribution in [0.5, 0.6) is 0 Å². The molecule has 1 saturated heterocycles. The van der Waals surface area contributed by atoms with E-state index in [4.69, 9.17) is 10.5 Å². The van der Waals surface area contributed by atoms with Crippen molar-refractivity contribution in [1.82, 2.24) is 0 Å². The van der Waals surface area contributed by atoms with Crippen molar-refractivity contribution in [3.8, 4) is 0 Å². The number of nitrogens with zero attached hydrogens (tertiary/aromatic N) is 1. The first-order valence-electron chi connectivity index (χ1n) is 5.38. The van der Waals surface area contributed by atoms with Crippen LogP contribution < -0.4 is 10.6 Å². The summed E-state index contributed by atoms with van der Waals surface area (Å²) in [4.78, 5) is 2.34. The average Bonchev–Trinajstić information content (AvgIpc) is 2.66. The minimum atomic E-state index is 0.330. The number of methoxy groups -OCH3 is 1. The second-order valence-electron chi connectivity index (χ2n) is 4.10. The minimum absolute atomic E-state index is 0.330. The predicted molar refractivity (Wildman–Crippen MR) is 62.0 cm³/mol. The minimum Gasteiger partial charge on any atom is -0.380 e. The van der Waals surface area contributed by atoms with Crippen molar-refractivity contribution in [1.29, 1.82) is 0 Å². The molecule has 15 heavy (non-hydrogen) atoms. The van der Waals surface area contributed by atoms with Gasteiger partial charge >= 0.3 is 0 Å². The Hall–Kier alpha value is -1.06. The van der Waals surface area contributed by atoms with Crippen LogP contribution in [0.3, 0.4) is 0 Å².